The van der Waals surface area contributed by atoms with Crippen molar-refractivity contribution < 1.29 is 4.42 Å². The summed E-state index contributed by atoms with van der Waals surface area (Å²) >= 11 is 3.57. The van der Waals surface area contributed by atoms with Crippen LogP contribution in [-0.2, 0) is 0 Å². The molecular formula is C12H18BrNO. The summed E-state index contributed by atoms with van der Waals surface area (Å²) in [6.45, 7) is 1.10. The van der Waals surface area contributed by atoms with Crippen LogP contribution in [-0.4, -0.2) is 13.6 Å². The standard InChI is InChI=1S/C12H18BrNO/c1-14-8-9-4-2-3-5-10(9)12-11(13)6-7-15-12/h6-7,9-10,14H,2-5,8H2,1H3. The van der Waals surface area contributed by atoms with Crippen molar-refractivity contribution in [2.24, 2.45) is 5.92 Å². The molecule has 1 aliphatic rings. The first-order valence-corrected chi connectivity index (χ1v) is 6.49. The van der Waals surface area contributed by atoms with E-state index in [1.807, 2.05) is 13.1 Å². The largest absolute Gasteiger partial charge is 0.468 e. The average Bonchev–Trinajstić information content (AvgIpc) is 2.66. The normalized spacial score (nSPS) is 26.8. The van der Waals surface area contributed by atoms with Gasteiger partial charge in [0.1, 0.15) is 5.76 Å². The Kier molecular flexibility index (Phi) is 3.87. The number of furan rings is 1. The number of hydrogen-bond acceptors (Lipinski definition) is 2. The molecule has 0 aromatic carbocycles. The molecule has 2 rings (SSSR count). The van der Waals surface area contributed by atoms with Crippen molar-refractivity contribution in [3.8, 4) is 0 Å². The summed E-state index contributed by atoms with van der Waals surface area (Å²) in [6.07, 6.45) is 7.06. The summed E-state index contributed by atoms with van der Waals surface area (Å²) < 4.78 is 6.74. The second-order valence-electron chi connectivity index (χ2n) is 4.34. The molecule has 1 heterocycles. The van der Waals surface area contributed by atoms with Crippen LogP contribution in [0.15, 0.2) is 21.2 Å². The third-order valence-corrected chi connectivity index (χ3v) is 4.01. The maximum atomic E-state index is 5.61. The molecular weight excluding hydrogens is 254 g/mol. The van der Waals surface area contributed by atoms with Gasteiger partial charge in [0.15, 0.2) is 0 Å². The quantitative estimate of drug-likeness (QED) is 0.910. The van der Waals surface area contributed by atoms with Gasteiger partial charge in [-0.3, -0.25) is 0 Å². The first-order chi connectivity index (χ1) is 7.33. The van der Waals surface area contributed by atoms with E-state index in [1.54, 1.807) is 6.26 Å². The molecule has 0 radical (unpaired) electrons. The molecule has 1 aromatic heterocycles. The Hall–Kier alpha value is -0.280. The van der Waals surface area contributed by atoms with Crippen LogP contribution in [0.2, 0.25) is 0 Å². The van der Waals surface area contributed by atoms with Crippen LogP contribution in [0.25, 0.3) is 0 Å². The van der Waals surface area contributed by atoms with Crippen molar-refractivity contribution in [2.75, 3.05) is 13.6 Å². The second-order valence-corrected chi connectivity index (χ2v) is 5.20. The first-order valence-electron chi connectivity index (χ1n) is 5.70. The molecule has 1 N–H and O–H groups in total. The number of nitrogens with one attached hydrogen (secondary N) is 1. The van der Waals surface area contributed by atoms with Crippen LogP contribution in [0, 0.1) is 5.92 Å². The van der Waals surface area contributed by atoms with Gasteiger partial charge in [0.25, 0.3) is 0 Å². The fraction of sp³-hybridized carbons (Fsp3) is 0.667. The van der Waals surface area contributed by atoms with E-state index < -0.39 is 0 Å². The van der Waals surface area contributed by atoms with Gasteiger partial charge < -0.3 is 9.73 Å². The van der Waals surface area contributed by atoms with Gasteiger partial charge in [-0.2, -0.15) is 0 Å². The Balaban J connectivity index is 2.14. The molecule has 2 atom stereocenters. The molecule has 0 amide bonds. The zero-order chi connectivity index (χ0) is 10.7. The number of halogens is 1. The van der Waals surface area contributed by atoms with Gasteiger partial charge in [0.2, 0.25) is 0 Å². The van der Waals surface area contributed by atoms with E-state index in [2.05, 4.69) is 21.2 Å². The van der Waals surface area contributed by atoms with Gasteiger partial charge in [0.05, 0.1) is 10.7 Å². The molecule has 15 heavy (non-hydrogen) atoms. The van der Waals surface area contributed by atoms with Gasteiger partial charge in [-0.05, 0) is 54.3 Å². The highest BCUT2D eigenvalue weighted by Crippen LogP contribution is 2.40. The van der Waals surface area contributed by atoms with E-state index in [0.29, 0.717) is 5.92 Å². The maximum Gasteiger partial charge on any atom is 0.121 e. The molecule has 1 aromatic rings. The molecule has 0 aliphatic heterocycles. The SMILES string of the molecule is CNCC1CCCCC1c1occc1Br. The monoisotopic (exact) mass is 271 g/mol. The highest BCUT2D eigenvalue weighted by molar-refractivity contribution is 9.10. The number of hydrogen-bond donors (Lipinski definition) is 1. The zero-order valence-electron chi connectivity index (χ0n) is 9.13. The second kappa shape index (κ2) is 5.17. The van der Waals surface area contributed by atoms with Crippen molar-refractivity contribution in [2.45, 2.75) is 31.6 Å². The van der Waals surface area contributed by atoms with Crippen LogP contribution in [0.4, 0.5) is 0 Å². The fourth-order valence-corrected chi connectivity index (χ4v) is 3.12. The predicted molar refractivity (Wildman–Crippen MR) is 65.0 cm³/mol. The summed E-state index contributed by atoms with van der Waals surface area (Å²) in [7, 11) is 2.03. The minimum absolute atomic E-state index is 0.593. The van der Waals surface area contributed by atoms with E-state index in [-0.39, 0.29) is 0 Å². The van der Waals surface area contributed by atoms with Gasteiger partial charge >= 0.3 is 0 Å². The van der Waals surface area contributed by atoms with Crippen LogP contribution < -0.4 is 5.32 Å². The zero-order valence-corrected chi connectivity index (χ0v) is 10.7. The number of rotatable bonds is 3. The summed E-state index contributed by atoms with van der Waals surface area (Å²) in [5.41, 5.74) is 0. The molecule has 2 unspecified atom stereocenters. The lowest BCUT2D eigenvalue weighted by Crippen LogP contribution is -2.27. The van der Waals surface area contributed by atoms with Gasteiger partial charge in [0, 0.05) is 5.92 Å². The topological polar surface area (TPSA) is 25.2 Å². The molecule has 1 aliphatic carbocycles. The van der Waals surface area contributed by atoms with Crippen LogP contribution in [0.1, 0.15) is 37.4 Å². The van der Waals surface area contributed by atoms with Crippen molar-refractivity contribution in [1.29, 1.82) is 0 Å². The third kappa shape index (κ3) is 2.45. The summed E-state index contributed by atoms with van der Waals surface area (Å²) in [4.78, 5) is 0. The van der Waals surface area contributed by atoms with Crippen molar-refractivity contribution in [1.82, 2.24) is 5.32 Å². The van der Waals surface area contributed by atoms with E-state index in [4.69, 9.17) is 4.42 Å². The molecule has 1 fully saturated rings. The van der Waals surface area contributed by atoms with Crippen LogP contribution >= 0.6 is 15.9 Å². The Morgan fingerprint density at radius 3 is 2.93 bits per heavy atom. The summed E-state index contributed by atoms with van der Waals surface area (Å²) in [5, 5.41) is 3.29. The fourth-order valence-electron chi connectivity index (χ4n) is 2.63. The smallest absolute Gasteiger partial charge is 0.121 e. The highest BCUT2D eigenvalue weighted by Gasteiger charge is 2.29. The molecule has 3 heteroatoms. The van der Waals surface area contributed by atoms with Gasteiger partial charge in [-0.1, -0.05) is 12.8 Å². The van der Waals surface area contributed by atoms with E-state index >= 15 is 0 Å². The van der Waals surface area contributed by atoms with Crippen molar-refractivity contribution in [3.05, 3.63) is 22.6 Å². The molecule has 0 spiro atoms. The minimum Gasteiger partial charge on any atom is -0.468 e. The molecule has 84 valence electrons. The van der Waals surface area contributed by atoms with Crippen molar-refractivity contribution >= 4 is 15.9 Å². The lowest BCUT2D eigenvalue weighted by atomic mass is 9.78. The van der Waals surface area contributed by atoms with Crippen LogP contribution in [0.5, 0.6) is 0 Å². The average molecular weight is 272 g/mol. The Morgan fingerprint density at radius 2 is 2.27 bits per heavy atom. The predicted octanol–water partition coefficient (Wildman–Crippen LogP) is 3.54. The highest BCUT2D eigenvalue weighted by atomic mass is 79.9. The van der Waals surface area contributed by atoms with E-state index in [9.17, 15) is 0 Å². The van der Waals surface area contributed by atoms with Crippen LogP contribution in [0.3, 0.4) is 0 Å². The Labute approximate surface area is 99.6 Å². The van der Waals surface area contributed by atoms with E-state index in [0.717, 1.165) is 22.7 Å². The summed E-state index contributed by atoms with van der Waals surface area (Å²) in [6, 6.07) is 2.00. The third-order valence-electron chi connectivity index (χ3n) is 3.36. The molecule has 2 nitrogen and oxygen atoms in total. The minimum atomic E-state index is 0.593. The Bertz CT molecular complexity index is 308. The van der Waals surface area contributed by atoms with Gasteiger partial charge in [-0.25, -0.2) is 0 Å². The van der Waals surface area contributed by atoms with Crippen molar-refractivity contribution in [3.63, 3.8) is 0 Å². The van der Waals surface area contributed by atoms with E-state index in [1.165, 1.54) is 25.7 Å². The summed E-state index contributed by atoms with van der Waals surface area (Å²) in [5.74, 6) is 2.47. The lowest BCUT2D eigenvalue weighted by Gasteiger charge is -2.30. The Morgan fingerprint density at radius 1 is 1.47 bits per heavy atom. The molecule has 0 bridgehead atoms. The van der Waals surface area contributed by atoms with Gasteiger partial charge in [-0.15, -0.1) is 0 Å². The lowest BCUT2D eigenvalue weighted by molar-refractivity contribution is 0.267. The molecule has 0 saturated heterocycles. The first kappa shape index (κ1) is 11.2. The molecule has 1 saturated carbocycles. The maximum absolute atomic E-state index is 5.61.